The third-order valence-corrected chi connectivity index (χ3v) is 4.09. The molecule has 1 aromatic carbocycles. The van der Waals surface area contributed by atoms with Crippen LogP contribution in [0.4, 0.5) is 13.2 Å². The Balaban J connectivity index is 2.14. The zero-order valence-corrected chi connectivity index (χ0v) is 13.7. The number of benzene rings is 1. The van der Waals surface area contributed by atoms with Crippen LogP contribution in [0.3, 0.4) is 0 Å². The summed E-state index contributed by atoms with van der Waals surface area (Å²) in [7, 11) is 0. The zero-order chi connectivity index (χ0) is 18.6. The lowest BCUT2D eigenvalue weighted by atomic mass is 10.1. The molecule has 3 heterocycles. The van der Waals surface area contributed by atoms with Crippen LogP contribution in [-0.2, 0) is 6.18 Å². The lowest BCUT2D eigenvalue weighted by Crippen LogP contribution is -2.10. The number of hydrogen-bond donors (Lipinski definition) is 1. The fourth-order valence-electron chi connectivity index (χ4n) is 2.83. The molecule has 0 fully saturated rings. The van der Waals surface area contributed by atoms with Crippen molar-refractivity contribution in [3.05, 3.63) is 47.3 Å². The molecule has 0 saturated carbocycles. The molecule has 4 rings (SSSR count). The van der Waals surface area contributed by atoms with Crippen molar-refractivity contribution in [1.29, 1.82) is 0 Å². The smallest absolute Gasteiger partial charge is 0.433 e. The van der Waals surface area contributed by atoms with Gasteiger partial charge in [0.15, 0.2) is 17.1 Å². The summed E-state index contributed by atoms with van der Waals surface area (Å²) in [6.07, 6.45) is -4.58. The van der Waals surface area contributed by atoms with E-state index in [2.05, 4.69) is 20.2 Å². The minimum Gasteiger partial charge on any atom is -0.508 e. The number of nitrogens with zero attached hydrogens (tertiary/aromatic N) is 5. The molecule has 0 amide bonds. The van der Waals surface area contributed by atoms with Gasteiger partial charge in [0.1, 0.15) is 17.0 Å². The average molecular weight is 359 g/mol. The van der Waals surface area contributed by atoms with Gasteiger partial charge in [-0.05, 0) is 43.7 Å². The summed E-state index contributed by atoms with van der Waals surface area (Å²) >= 11 is 0. The monoisotopic (exact) mass is 359 g/mol. The van der Waals surface area contributed by atoms with Gasteiger partial charge < -0.3 is 5.11 Å². The van der Waals surface area contributed by atoms with E-state index in [1.165, 1.54) is 22.6 Å². The molecule has 132 valence electrons. The SMILES string of the molecule is Cc1ccc(O)cc1-c1nnc2c(C)nc3ccc(C(F)(F)F)nc3n12. The van der Waals surface area contributed by atoms with Gasteiger partial charge in [-0.1, -0.05) is 6.07 Å². The lowest BCUT2D eigenvalue weighted by Gasteiger charge is -2.10. The highest BCUT2D eigenvalue weighted by Gasteiger charge is 2.33. The summed E-state index contributed by atoms with van der Waals surface area (Å²) in [5.74, 6) is 0.303. The highest BCUT2D eigenvalue weighted by molar-refractivity contribution is 5.78. The molecule has 6 nitrogen and oxygen atoms in total. The number of alkyl halides is 3. The fraction of sp³-hybridized carbons (Fsp3) is 0.176. The molecule has 0 aliphatic heterocycles. The number of hydrogen-bond acceptors (Lipinski definition) is 5. The van der Waals surface area contributed by atoms with Crippen LogP contribution in [-0.4, -0.2) is 29.7 Å². The molecule has 9 heteroatoms. The molecule has 26 heavy (non-hydrogen) atoms. The maximum Gasteiger partial charge on any atom is 0.433 e. The number of aromatic hydroxyl groups is 1. The third-order valence-electron chi connectivity index (χ3n) is 4.09. The minimum absolute atomic E-state index is 0.00293. The van der Waals surface area contributed by atoms with E-state index in [0.29, 0.717) is 22.4 Å². The van der Waals surface area contributed by atoms with Crippen molar-refractivity contribution in [2.24, 2.45) is 0 Å². The van der Waals surface area contributed by atoms with Crippen molar-refractivity contribution in [2.75, 3.05) is 0 Å². The van der Waals surface area contributed by atoms with Crippen molar-refractivity contribution in [1.82, 2.24) is 24.6 Å². The second kappa shape index (κ2) is 5.38. The standard InChI is InChI=1S/C17H12F3N5O/c1-8-3-4-10(26)7-11(8)15-24-23-14-9(2)21-12-5-6-13(17(18,19)20)22-16(12)25(14)15/h3-7,26H,1-2H3. The van der Waals surface area contributed by atoms with E-state index in [1.807, 2.05) is 0 Å². The largest absolute Gasteiger partial charge is 0.508 e. The van der Waals surface area contributed by atoms with E-state index < -0.39 is 11.9 Å². The molecule has 4 aromatic rings. The predicted molar refractivity (Wildman–Crippen MR) is 87.7 cm³/mol. The van der Waals surface area contributed by atoms with Gasteiger partial charge in [0.25, 0.3) is 0 Å². The Kier molecular flexibility index (Phi) is 3.36. The molecule has 0 radical (unpaired) electrons. The number of phenols is 1. The maximum atomic E-state index is 13.1. The Morgan fingerprint density at radius 2 is 1.73 bits per heavy atom. The number of phenolic OH excluding ortho intramolecular Hbond substituents is 1. The summed E-state index contributed by atoms with van der Waals surface area (Å²) in [5.41, 5.74) is 1.42. The first kappa shape index (κ1) is 16.2. The van der Waals surface area contributed by atoms with Gasteiger partial charge in [0, 0.05) is 5.56 Å². The second-order valence-corrected chi connectivity index (χ2v) is 5.92. The Bertz CT molecular complexity index is 1170. The van der Waals surface area contributed by atoms with Gasteiger partial charge in [-0.25, -0.2) is 9.97 Å². The first-order valence-electron chi connectivity index (χ1n) is 7.65. The van der Waals surface area contributed by atoms with E-state index in [-0.39, 0.29) is 17.2 Å². The number of aromatic nitrogens is 5. The van der Waals surface area contributed by atoms with Gasteiger partial charge in [-0.2, -0.15) is 13.2 Å². The Morgan fingerprint density at radius 1 is 0.962 bits per heavy atom. The van der Waals surface area contributed by atoms with E-state index in [4.69, 9.17) is 0 Å². The highest BCUT2D eigenvalue weighted by Crippen LogP contribution is 2.31. The normalized spacial score (nSPS) is 12.2. The van der Waals surface area contributed by atoms with Gasteiger partial charge in [0.2, 0.25) is 0 Å². The van der Waals surface area contributed by atoms with Crippen LogP contribution in [0.15, 0.2) is 30.3 Å². The van der Waals surface area contributed by atoms with Gasteiger partial charge in [-0.3, -0.25) is 4.40 Å². The van der Waals surface area contributed by atoms with Crippen LogP contribution in [0, 0.1) is 13.8 Å². The molecule has 0 aliphatic carbocycles. The number of halogens is 3. The molecule has 3 aromatic heterocycles. The molecule has 1 N–H and O–H groups in total. The molecular formula is C17H12F3N5O. The van der Waals surface area contributed by atoms with Crippen LogP contribution in [0.1, 0.15) is 17.0 Å². The van der Waals surface area contributed by atoms with Crippen molar-refractivity contribution in [3.8, 4) is 17.1 Å². The first-order chi connectivity index (χ1) is 12.3. The summed E-state index contributed by atoms with van der Waals surface area (Å²) in [5, 5.41) is 18.0. The Labute approximate surface area is 145 Å². The van der Waals surface area contributed by atoms with E-state index in [1.54, 1.807) is 19.9 Å². The molecule has 0 bridgehead atoms. The van der Waals surface area contributed by atoms with Crippen molar-refractivity contribution >= 4 is 16.8 Å². The summed E-state index contributed by atoms with van der Waals surface area (Å²) in [6, 6.07) is 6.87. The van der Waals surface area contributed by atoms with Crippen LogP contribution < -0.4 is 0 Å². The van der Waals surface area contributed by atoms with E-state index in [0.717, 1.165) is 11.6 Å². The molecular weight excluding hydrogens is 347 g/mol. The summed E-state index contributed by atoms with van der Waals surface area (Å²) < 4.78 is 40.8. The van der Waals surface area contributed by atoms with Crippen molar-refractivity contribution in [2.45, 2.75) is 20.0 Å². The molecule has 0 spiro atoms. The highest BCUT2D eigenvalue weighted by atomic mass is 19.4. The quantitative estimate of drug-likeness (QED) is 0.561. The summed E-state index contributed by atoms with van der Waals surface area (Å²) in [4.78, 5) is 8.03. The average Bonchev–Trinajstić information content (AvgIpc) is 3.02. The number of aryl methyl sites for hydroxylation is 2. The Hall–Kier alpha value is -3.23. The Morgan fingerprint density at radius 3 is 2.46 bits per heavy atom. The maximum absolute atomic E-state index is 13.1. The number of fused-ring (bicyclic) bond motifs is 3. The molecule has 0 aliphatic rings. The number of rotatable bonds is 1. The van der Waals surface area contributed by atoms with Crippen LogP contribution >= 0.6 is 0 Å². The lowest BCUT2D eigenvalue weighted by molar-refractivity contribution is -0.141. The first-order valence-corrected chi connectivity index (χ1v) is 7.65. The molecule has 0 unspecified atom stereocenters. The zero-order valence-electron chi connectivity index (χ0n) is 13.7. The summed E-state index contributed by atoms with van der Waals surface area (Å²) in [6.45, 7) is 3.50. The van der Waals surface area contributed by atoms with Gasteiger partial charge in [-0.15, -0.1) is 10.2 Å². The van der Waals surface area contributed by atoms with Gasteiger partial charge >= 0.3 is 6.18 Å². The van der Waals surface area contributed by atoms with Crippen molar-refractivity contribution in [3.63, 3.8) is 0 Å². The van der Waals surface area contributed by atoms with Crippen LogP contribution in [0.25, 0.3) is 28.2 Å². The van der Waals surface area contributed by atoms with Crippen molar-refractivity contribution < 1.29 is 18.3 Å². The predicted octanol–water partition coefficient (Wildman–Crippen LogP) is 3.68. The third kappa shape index (κ3) is 2.43. The molecule has 0 saturated heterocycles. The van der Waals surface area contributed by atoms with Gasteiger partial charge in [0.05, 0.1) is 5.69 Å². The topological polar surface area (TPSA) is 76.2 Å². The minimum atomic E-state index is -4.58. The molecule has 0 atom stereocenters. The van der Waals surface area contributed by atoms with E-state index >= 15 is 0 Å². The van der Waals surface area contributed by atoms with E-state index in [9.17, 15) is 18.3 Å². The number of pyridine rings is 1. The fourth-order valence-corrected chi connectivity index (χ4v) is 2.83. The second-order valence-electron chi connectivity index (χ2n) is 5.92. The van der Waals surface area contributed by atoms with Crippen LogP contribution in [0.2, 0.25) is 0 Å². The van der Waals surface area contributed by atoms with Crippen LogP contribution in [0.5, 0.6) is 5.75 Å².